The van der Waals surface area contributed by atoms with E-state index in [-0.39, 0.29) is 44.7 Å². The number of aliphatic imine (C=N–C) groups is 1. The molecule has 4 amide bonds. The fourth-order valence-electron chi connectivity index (χ4n) is 3.74. The number of aliphatic carboxylic acids is 1. The summed E-state index contributed by atoms with van der Waals surface area (Å²) in [6, 6.07) is -4.08. The number of amides is 4. The first-order valence-electron chi connectivity index (χ1n) is 11.7. The summed E-state index contributed by atoms with van der Waals surface area (Å²) >= 11 is 1.46. The quantitative estimate of drug-likeness (QED) is 0.0624. The minimum atomic E-state index is -1.17. The van der Waals surface area contributed by atoms with Crippen molar-refractivity contribution in [3.05, 3.63) is 0 Å². The van der Waals surface area contributed by atoms with E-state index in [0.717, 1.165) is 0 Å². The number of thioether (sulfide) groups is 1. The maximum absolute atomic E-state index is 13.1. The number of nitrogens with two attached hydrogens (primary N) is 4. The Morgan fingerprint density at radius 3 is 2.31 bits per heavy atom. The predicted octanol–water partition coefficient (Wildman–Crippen LogP) is -2.57. The Kier molecular flexibility index (Phi) is 13.6. The van der Waals surface area contributed by atoms with Crippen molar-refractivity contribution in [2.24, 2.45) is 27.9 Å². The summed E-state index contributed by atoms with van der Waals surface area (Å²) in [4.78, 5) is 66.8. The summed E-state index contributed by atoms with van der Waals surface area (Å²) in [5.74, 6) is -3.13. The van der Waals surface area contributed by atoms with Gasteiger partial charge in [-0.1, -0.05) is 0 Å². The summed E-state index contributed by atoms with van der Waals surface area (Å²) in [6.45, 7) is 0.556. The van der Waals surface area contributed by atoms with Gasteiger partial charge in [-0.3, -0.25) is 24.2 Å². The molecule has 1 aliphatic rings. The summed E-state index contributed by atoms with van der Waals surface area (Å²) in [5, 5.41) is 14.6. The molecule has 14 nitrogen and oxygen atoms in total. The summed E-state index contributed by atoms with van der Waals surface area (Å²) < 4.78 is 0. The van der Waals surface area contributed by atoms with E-state index in [1.54, 1.807) is 0 Å². The predicted molar refractivity (Wildman–Crippen MR) is 136 cm³/mol. The molecule has 0 saturated carbocycles. The van der Waals surface area contributed by atoms with Crippen LogP contribution in [0.25, 0.3) is 0 Å². The van der Waals surface area contributed by atoms with Gasteiger partial charge in [0.25, 0.3) is 0 Å². The van der Waals surface area contributed by atoms with E-state index in [4.69, 9.17) is 22.9 Å². The zero-order chi connectivity index (χ0) is 27.3. The molecule has 204 valence electrons. The lowest BCUT2D eigenvalue weighted by atomic mass is 10.1. The van der Waals surface area contributed by atoms with Gasteiger partial charge in [0.05, 0.1) is 6.04 Å². The largest absolute Gasteiger partial charge is 0.480 e. The second kappa shape index (κ2) is 15.8. The van der Waals surface area contributed by atoms with Crippen LogP contribution in [0.15, 0.2) is 4.99 Å². The molecule has 0 aromatic carbocycles. The van der Waals surface area contributed by atoms with Gasteiger partial charge in [-0.25, -0.2) is 4.79 Å². The Labute approximate surface area is 214 Å². The lowest BCUT2D eigenvalue weighted by Crippen LogP contribution is -2.57. The number of carboxylic acid groups (broad SMARTS) is 1. The number of nitrogens with zero attached hydrogens (tertiary/aromatic N) is 2. The van der Waals surface area contributed by atoms with Crippen molar-refractivity contribution in [1.29, 1.82) is 0 Å². The van der Waals surface area contributed by atoms with Gasteiger partial charge in [0.2, 0.25) is 23.6 Å². The minimum absolute atomic E-state index is 0.0783. The van der Waals surface area contributed by atoms with Crippen LogP contribution in [0, 0.1) is 0 Å². The van der Waals surface area contributed by atoms with Gasteiger partial charge in [-0.15, -0.1) is 0 Å². The number of carboxylic acids is 1. The molecule has 0 spiro atoms. The van der Waals surface area contributed by atoms with Gasteiger partial charge < -0.3 is 43.6 Å². The fraction of sp³-hybridized carbons (Fsp3) is 0.714. The number of guanidine groups is 1. The molecule has 0 radical (unpaired) electrons. The molecule has 1 aliphatic heterocycles. The van der Waals surface area contributed by atoms with Crippen molar-refractivity contribution in [3.8, 4) is 0 Å². The number of likely N-dealkylation sites (tertiary alicyclic amines) is 1. The fourth-order valence-corrected chi connectivity index (χ4v) is 4.21. The van der Waals surface area contributed by atoms with E-state index >= 15 is 0 Å². The molecule has 0 bridgehead atoms. The molecule has 1 fully saturated rings. The molecular weight excluding hydrogens is 492 g/mol. The number of nitrogens with one attached hydrogen (secondary N) is 2. The molecule has 1 rings (SSSR count). The third-order valence-electron chi connectivity index (χ3n) is 5.66. The van der Waals surface area contributed by atoms with Crippen LogP contribution in [-0.2, 0) is 24.0 Å². The normalized spacial score (nSPS) is 17.5. The molecule has 1 heterocycles. The van der Waals surface area contributed by atoms with Crippen molar-refractivity contribution < 1.29 is 29.1 Å². The van der Waals surface area contributed by atoms with Gasteiger partial charge in [0.15, 0.2) is 5.96 Å². The summed E-state index contributed by atoms with van der Waals surface area (Å²) in [7, 11) is 0. The van der Waals surface area contributed by atoms with Crippen LogP contribution in [0.3, 0.4) is 0 Å². The topological polar surface area (TPSA) is 249 Å². The molecule has 1 saturated heterocycles. The Bertz CT molecular complexity index is 822. The lowest BCUT2D eigenvalue weighted by molar-refractivity contribution is -0.149. The second-order valence-electron chi connectivity index (χ2n) is 8.49. The zero-order valence-corrected chi connectivity index (χ0v) is 21.3. The number of primary amides is 1. The average Bonchev–Trinajstić information content (AvgIpc) is 3.31. The van der Waals surface area contributed by atoms with Gasteiger partial charge in [0, 0.05) is 19.5 Å². The Balaban J connectivity index is 2.92. The third kappa shape index (κ3) is 10.7. The van der Waals surface area contributed by atoms with Crippen LogP contribution in [0.5, 0.6) is 0 Å². The molecule has 0 aromatic rings. The van der Waals surface area contributed by atoms with Crippen LogP contribution in [-0.4, -0.2) is 94.8 Å². The first kappa shape index (κ1) is 31.0. The van der Waals surface area contributed by atoms with Crippen LogP contribution in [0.4, 0.5) is 0 Å². The Hall–Kier alpha value is -3.07. The van der Waals surface area contributed by atoms with Crippen LogP contribution < -0.4 is 33.6 Å². The van der Waals surface area contributed by atoms with Crippen LogP contribution in [0.1, 0.15) is 44.9 Å². The highest BCUT2D eigenvalue weighted by Gasteiger charge is 2.38. The summed E-state index contributed by atoms with van der Waals surface area (Å²) in [5.41, 5.74) is 21.6. The monoisotopic (exact) mass is 530 g/mol. The first-order chi connectivity index (χ1) is 17.0. The van der Waals surface area contributed by atoms with Gasteiger partial charge in [-0.05, 0) is 50.5 Å². The van der Waals surface area contributed by atoms with E-state index in [1.165, 1.54) is 16.7 Å². The molecule has 36 heavy (non-hydrogen) atoms. The van der Waals surface area contributed by atoms with Crippen LogP contribution in [0.2, 0.25) is 0 Å². The second-order valence-corrected chi connectivity index (χ2v) is 9.48. The molecular formula is C21H38N8O6S. The van der Waals surface area contributed by atoms with E-state index < -0.39 is 53.8 Å². The van der Waals surface area contributed by atoms with Gasteiger partial charge >= 0.3 is 5.97 Å². The smallest absolute Gasteiger partial charge is 0.326 e. The zero-order valence-electron chi connectivity index (χ0n) is 20.5. The third-order valence-corrected chi connectivity index (χ3v) is 6.31. The van der Waals surface area contributed by atoms with Crippen molar-refractivity contribution in [2.45, 2.75) is 69.1 Å². The SMILES string of the molecule is CSCCC(NC(=O)C(CCC(N)=O)NC(=O)C(N)CCCN=C(N)N)C(=O)N1CCCC1C(=O)O. The number of carbonyl (C=O) groups is 5. The van der Waals surface area contributed by atoms with E-state index in [2.05, 4.69) is 15.6 Å². The minimum Gasteiger partial charge on any atom is -0.480 e. The first-order valence-corrected chi connectivity index (χ1v) is 13.1. The van der Waals surface area contributed by atoms with Crippen molar-refractivity contribution >= 4 is 47.3 Å². The molecule has 0 aromatic heterocycles. The lowest BCUT2D eigenvalue weighted by Gasteiger charge is -2.29. The maximum atomic E-state index is 13.1. The summed E-state index contributed by atoms with van der Waals surface area (Å²) in [6.07, 6.45) is 3.36. The van der Waals surface area contributed by atoms with E-state index in [0.29, 0.717) is 25.0 Å². The van der Waals surface area contributed by atoms with Gasteiger partial charge in [0.1, 0.15) is 18.1 Å². The molecule has 11 N–H and O–H groups in total. The number of carbonyl (C=O) groups excluding carboxylic acids is 4. The average molecular weight is 531 g/mol. The molecule has 4 unspecified atom stereocenters. The molecule has 0 aliphatic carbocycles. The van der Waals surface area contributed by atoms with Gasteiger partial charge in [-0.2, -0.15) is 11.8 Å². The van der Waals surface area contributed by atoms with Crippen molar-refractivity contribution in [3.63, 3.8) is 0 Å². The highest BCUT2D eigenvalue weighted by molar-refractivity contribution is 7.98. The van der Waals surface area contributed by atoms with Crippen molar-refractivity contribution in [2.75, 3.05) is 25.1 Å². The number of hydrogen-bond acceptors (Lipinski definition) is 8. The van der Waals surface area contributed by atoms with Crippen molar-refractivity contribution in [1.82, 2.24) is 15.5 Å². The highest BCUT2D eigenvalue weighted by Crippen LogP contribution is 2.20. The highest BCUT2D eigenvalue weighted by atomic mass is 32.2. The Morgan fingerprint density at radius 1 is 1.06 bits per heavy atom. The van der Waals surface area contributed by atoms with E-state index in [1.807, 2.05) is 6.26 Å². The standard InChI is InChI=1S/C21H38N8O6S/c1-36-11-8-14(19(33)29-10-3-5-15(29)20(34)35)28-18(32)13(6-7-16(23)30)27-17(31)12(22)4-2-9-26-21(24)25/h12-15H,2-11,22H2,1H3,(H2,23,30)(H,27,31)(H,28,32)(H,34,35)(H4,24,25,26). The molecule has 4 atom stereocenters. The van der Waals surface area contributed by atoms with Crippen LogP contribution >= 0.6 is 11.8 Å². The Morgan fingerprint density at radius 2 is 1.72 bits per heavy atom. The van der Waals surface area contributed by atoms with E-state index in [9.17, 15) is 29.1 Å². The molecule has 15 heteroatoms. The maximum Gasteiger partial charge on any atom is 0.326 e. The number of rotatable bonds is 16. The number of hydrogen-bond donors (Lipinski definition) is 7.